The van der Waals surface area contributed by atoms with Crippen LogP contribution in [-0.4, -0.2) is 39.7 Å². The molecule has 0 bridgehead atoms. The molecule has 34 heavy (non-hydrogen) atoms. The van der Waals surface area contributed by atoms with E-state index in [-0.39, 0.29) is 36.4 Å². The molecular weight excluding hydrogens is 456 g/mol. The van der Waals surface area contributed by atoms with Gasteiger partial charge in [-0.2, -0.15) is 0 Å². The van der Waals surface area contributed by atoms with Crippen molar-refractivity contribution in [3.8, 4) is 0 Å². The number of carboxylic acid groups (broad SMARTS) is 1. The zero-order chi connectivity index (χ0) is 24.1. The van der Waals surface area contributed by atoms with Crippen molar-refractivity contribution in [3.05, 3.63) is 65.4 Å². The number of nitrogens with two attached hydrogens (primary N) is 1. The van der Waals surface area contributed by atoms with Gasteiger partial charge < -0.3 is 20.3 Å². The van der Waals surface area contributed by atoms with Crippen molar-refractivity contribution in [2.24, 2.45) is 12.8 Å². The Morgan fingerprint density at radius 3 is 2.35 bits per heavy atom. The lowest BCUT2D eigenvalue weighted by Crippen LogP contribution is -2.35. The third-order valence-electron chi connectivity index (χ3n) is 5.55. The first-order valence-electron chi connectivity index (χ1n) is 10.8. The summed E-state index contributed by atoms with van der Waals surface area (Å²) < 4.78 is 1.82. The number of Topliss-reactive ketones (excluding diaryl/α,β-unsaturated/α-hetero) is 1. The Morgan fingerprint density at radius 2 is 1.76 bits per heavy atom. The number of nitrogens with zero attached hydrogens (tertiary/aromatic N) is 2. The minimum atomic E-state index is -1.08. The van der Waals surface area contributed by atoms with Gasteiger partial charge in [-0.15, -0.1) is 12.4 Å². The normalized spacial score (nSPS) is 10.5. The van der Waals surface area contributed by atoms with Crippen molar-refractivity contribution in [2.45, 2.75) is 32.6 Å². The average molecular weight is 485 g/mol. The predicted molar refractivity (Wildman–Crippen MR) is 135 cm³/mol. The van der Waals surface area contributed by atoms with E-state index >= 15 is 0 Å². The lowest BCUT2D eigenvalue weighted by atomic mass is 10.0. The first-order valence-corrected chi connectivity index (χ1v) is 10.8. The molecule has 1 heterocycles. The highest BCUT2D eigenvalue weighted by Gasteiger charge is 2.20. The number of nitrogens with one attached hydrogen (secondary N) is 1. The molecule has 0 saturated carbocycles. The summed E-state index contributed by atoms with van der Waals surface area (Å²) in [6.45, 7) is 1.45. The number of aliphatic carboxylic acids is 1. The summed E-state index contributed by atoms with van der Waals surface area (Å²) >= 11 is 0. The van der Waals surface area contributed by atoms with Crippen LogP contribution in [0, 0.1) is 5.41 Å². The molecule has 1 amide bonds. The molecule has 0 spiro atoms. The van der Waals surface area contributed by atoms with Crippen molar-refractivity contribution in [3.63, 3.8) is 0 Å². The largest absolute Gasteiger partial charge is 0.480 e. The summed E-state index contributed by atoms with van der Waals surface area (Å²) in [4.78, 5) is 38.0. The predicted octanol–water partition coefficient (Wildman–Crippen LogP) is 3.92. The summed E-state index contributed by atoms with van der Waals surface area (Å²) in [6, 6.07) is 12.5. The number of ketones is 1. The molecule has 1 aromatic heterocycles. The maximum Gasteiger partial charge on any atom is 0.323 e. The maximum atomic E-state index is 13.0. The van der Waals surface area contributed by atoms with E-state index < -0.39 is 12.5 Å². The van der Waals surface area contributed by atoms with Gasteiger partial charge in [0.15, 0.2) is 5.78 Å². The molecule has 0 aliphatic rings. The fraction of sp³-hybridized carbons (Fsp3) is 0.280. The molecule has 0 radical (unpaired) electrons. The number of anilines is 1. The summed E-state index contributed by atoms with van der Waals surface area (Å²) in [5.41, 5.74) is 8.93. The van der Waals surface area contributed by atoms with E-state index in [0.29, 0.717) is 36.1 Å². The van der Waals surface area contributed by atoms with Gasteiger partial charge in [-0.1, -0.05) is 37.3 Å². The van der Waals surface area contributed by atoms with E-state index in [9.17, 15) is 19.5 Å². The van der Waals surface area contributed by atoms with Gasteiger partial charge in [0.05, 0.1) is 5.52 Å². The van der Waals surface area contributed by atoms with Crippen molar-refractivity contribution in [1.29, 1.82) is 5.41 Å². The zero-order valence-electron chi connectivity index (χ0n) is 19.2. The molecule has 3 rings (SSSR count). The summed E-state index contributed by atoms with van der Waals surface area (Å²) in [5, 5.41) is 17.5. The number of fused-ring (bicyclic) bond motifs is 1. The average Bonchev–Trinajstić information content (AvgIpc) is 3.12. The van der Waals surface area contributed by atoms with Crippen molar-refractivity contribution in [1.82, 2.24) is 4.57 Å². The standard InChI is InChI=1S/C25H28N4O4.ClH/c1-3-4-23(31)29(15-24(32)33)18-10-11-19-20(14-28(2)21(19)13-18)22(30)12-7-16-5-8-17(9-6-16)25(26)27;/h5-6,8-11,13-14H,3-4,7,12,15H2,1-2H3,(H3,26,27)(H,32,33);1H. The smallest absolute Gasteiger partial charge is 0.323 e. The van der Waals surface area contributed by atoms with Crippen LogP contribution in [0.3, 0.4) is 0 Å². The van der Waals surface area contributed by atoms with E-state index in [1.807, 2.05) is 30.7 Å². The number of halogens is 1. The Bertz CT molecular complexity index is 1220. The topological polar surface area (TPSA) is 129 Å². The van der Waals surface area contributed by atoms with Crippen LogP contribution in [-0.2, 0) is 23.1 Å². The van der Waals surface area contributed by atoms with E-state index in [1.54, 1.807) is 36.5 Å². The highest BCUT2D eigenvalue weighted by atomic mass is 35.5. The first-order chi connectivity index (χ1) is 15.7. The minimum absolute atomic E-state index is 0. The molecule has 0 atom stereocenters. The molecule has 180 valence electrons. The van der Waals surface area contributed by atoms with Gasteiger partial charge in [0.2, 0.25) is 5.91 Å². The molecule has 0 unspecified atom stereocenters. The monoisotopic (exact) mass is 484 g/mol. The second-order valence-corrected chi connectivity index (χ2v) is 8.01. The Balaban J connectivity index is 0.00000408. The second-order valence-electron chi connectivity index (χ2n) is 8.01. The van der Waals surface area contributed by atoms with Gasteiger partial charge in [-0.25, -0.2) is 0 Å². The molecule has 8 nitrogen and oxygen atoms in total. The Hall–Kier alpha value is -3.65. The lowest BCUT2D eigenvalue weighted by Gasteiger charge is -2.21. The minimum Gasteiger partial charge on any atom is -0.480 e. The number of benzene rings is 2. The molecule has 2 aromatic carbocycles. The number of aromatic nitrogens is 1. The maximum absolute atomic E-state index is 13.0. The van der Waals surface area contributed by atoms with Crippen LogP contribution < -0.4 is 10.6 Å². The molecule has 3 aromatic rings. The first kappa shape index (κ1) is 26.6. The number of carbonyl (C=O) groups is 3. The van der Waals surface area contributed by atoms with Crippen LogP contribution in [0.4, 0.5) is 5.69 Å². The van der Waals surface area contributed by atoms with Crippen LogP contribution in [0.5, 0.6) is 0 Å². The van der Waals surface area contributed by atoms with Gasteiger partial charge in [-0.3, -0.25) is 19.8 Å². The summed E-state index contributed by atoms with van der Waals surface area (Å²) in [6.07, 6.45) is 3.53. The quantitative estimate of drug-likeness (QED) is 0.228. The van der Waals surface area contributed by atoms with E-state index in [2.05, 4.69) is 0 Å². The number of hydrogen-bond acceptors (Lipinski definition) is 4. The molecule has 4 N–H and O–H groups in total. The van der Waals surface area contributed by atoms with Crippen LogP contribution in [0.25, 0.3) is 10.9 Å². The zero-order valence-corrected chi connectivity index (χ0v) is 20.0. The number of nitrogen functional groups attached to an aromatic ring is 1. The Kier molecular flexibility index (Phi) is 8.97. The summed E-state index contributed by atoms with van der Waals surface area (Å²) in [5.74, 6) is -1.33. The number of rotatable bonds is 10. The molecular formula is C25H29ClN4O4. The molecule has 0 aliphatic heterocycles. The van der Waals surface area contributed by atoms with Crippen LogP contribution in [0.15, 0.2) is 48.7 Å². The van der Waals surface area contributed by atoms with Crippen molar-refractivity contribution >= 4 is 52.5 Å². The SMILES string of the molecule is CCCC(=O)N(CC(=O)O)c1ccc2c(C(=O)CCc3ccc(C(=N)N)cc3)cn(C)c2c1.Cl. The Morgan fingerprint density at radius 1 is 1.09 bits per heavy atom. The molecule has 0 aliphatic carbocycles. The second kappa shape index (κ2) is 11.5. The molecule has 0 fully saturated rings. The van der Waals surface area contributed by atoms with Crippen LogP contribution >= 0.6 is 12.4 Å². The highest BCUT2D eigenvalue weighted by molar-refractivity contribution is 6.09. The van der Waals surface area contributed by atoms with Gasteiger partial charge in [0, 0.05) is 48.3 Å². The van der Waals surface area contributed by atoms with Crippen LogP contribution in [0.1, 0.15) is 47.7 Å². The van der Waals surface area contributed by atoms with Crippen LogP contribution in [0.2, 0.25) is 0 Å². The third kappa shape index (κ3) is 6.02. The van der Waals surface area contributed by atoms with E-state index in [0.717, 1.165) is 16.5 Å². The fourth-order valence-electron chi connectivity index (χ4n) is 3.81. The highest BCUT2D eigenvalue weighted by Crippen LogP contribution is 2.28. The number of aryl methyl sites for hydroxylation is 2. The van der Waals surface area contributed by atoms with Gasteiger partial charge >= 0.3 is 5.97 Å². The van der Waals surface area contributed by atoms with Crippen molar-refractivity contribution < 1.29 is 19.5 Å². The van der Waals surface area contributed by atoms with E-state index in [1.165, 1.54) is 4.90 Å². The van der Waals surface area contributed by atoms with E-state index in [4.69, 9.17) is 11.1 Å². The van der Waals surface area contributed by atoms with Gasteiger partial charge in [0.25, 0.3) is 0 Å². The number of carbonyl (C=O) groups excluding carboxylic acids is 2. The molecule has 0 saturated heterocycles. The number of amides is 1. The number of carboxylic acids is 1. The summed E-state index contributed by atoms with van der Waals surface area (Å²) in [7, 11) is 1.82. The van der Waals surface area contributed by atoms with Gasteiger partial charge in [-0.05, 0) is 30.5 Å². The molecule has 9 heteroatoms. The number of hydrogen-bond donors (Lipinski definition) is 3. The lowest BCUT2D eigenvalue weighted by molar-refractivity contribution is -0.136. The van der Waals surface area contributed by atoms with Gasteiger partial charge in [0.1, 0.15) is 12.4 Å². The Labute approximate surface area is 204 Å². The number of amidine groups is 1. The fourth-order valence-corrected chi connectivity index (χ4v) is 3.81. The third-order valence-corrected chi connectivity index (χ3v) is 5.55. The van der Waals surface area contributed by atoms with Crippen molar-refractivity contribution in [2.75, 3.05) is 11.4 Å².